The van der Waals surface area contributed by atoms with Crippen LogP contribution in [0.2, 0.25) is 0 Å². The van der Waals surface area contributed by atoms with E-state index in [9.17, 15) is 4.79 Å². The number of amides is 1. The number of hydrogen-bond acceptors (Lipinski definition) is 3. The molecule has 0 aliphatic heterocycles. The van der Waals surface area contributed by atoms with Gasteiger partial charge in [0.25, 0.3) is 0 Å². The number of primary amides is 1. The highest BCUT2D eigenvalue weighted by atomic mass is 16.1. The first kappa shape index (κ1) is 9.04. The number of hydrogen-bond donors (Lipinski definition) is 3. The molecule has 0 aromatic rings. The summed E-state index contributed by atoms with van der Waals surface area (Å²) in [6, 6.07) is 0. The van der Waals surface area contributed by atoms with Crippen LogP contribution in [0, 0.1) is 0 Å². The molecule has 0 aromatic heterocycles. The van der Waals surface area contributed by atoms with Crippen LogP contribution < -0.4 is 17.4 Å². The van der Waals surface area contributed by atoms with Crippen molar-refractivity contribution in [1.29, 1.82) is 0 Å². The Morgan fingerprint density at radius 3 is 1.50 bits per heavy atom. The molecule has 0 aromatic carbocycles. The number of rotatable bonds is 0. The van der Waals surface area contributed by atoms with Crippen molar-refractivity contribution in [2.75, 3.05) is 0 Å². The first-order valence-corrected chi connectivity index (χ1v) is 1.33. The van der Waals surface area contributed by atoms with Crippen LogP contribution in [-0.2, 0) is 4.79 Å². The minimum atomic E-state index is -0.333. The van der Waals surface area contributed by atoms with Crippen LogP contribution in [0.25, 0.3) is 0 Å². The molecule has 0 bridgehead atoms. The molecule has 0 spiro atoms. The SMILES string of the molecule is CC(N)=O.NN. The molecular weight excluding hydrogens is 82.0 g/mol. The maximum Gasteiger partial charge on any atom is 0.214 e. The first-order chi connectivity index (χ1) is 2.73. The average Bonchev–Trinajstić information content (AvgIpc) is 1.41. The zero-order valence-electron chi connectivity index (χ0n) is 3.64. The van der Waals surface area contributed by atoms with Gasteiger partial charge < -0.3 is 5.73 Å². The van der Waals surface area contributed by atoms with Gasteiger partial charge in [-0.25, -0.2) is 0 Å². The Morgan fingerprint density at radius 1 is 1.50 bits per heavy atom. The van der Waals surface area contributed by atoms with E-state index in [0.29, 0.717) is 0 Å². The monoisotopic (exact) mass is 91.1 g/mol. The Bertz CT molecular complexity index is 31.8. The Labute approximate surface area is 36.3 Å². The van der Waals surface area contributed by atoms with Crippen LogP contribution in [0.15, 0.2) is 0 Å². The predicted octanol–water partition coefficient (Wildman–Crippen LogP) is -1.69. The molecule has 0 saturated carbocycles. The highest BCUT2D eigenvalue weighted by Crippen LogP contribution is 1.33. The summed E-state index contributed by atoms with van der Waals surface area (Å²) in [7, 11) is 0. The molecule has 0 unspecified atom stereocenters. The lowest BCUT2D eigenvalue weighted by Gasteiger charge is -1.60. The maximum atomic E-state index is 9.22. The van der Waals surface area contributed by atoms with Crippen LogP contribution in [0.5, 0.6) is 0 Å². The van der Waals surface area contributed by atoms with Gasteiger partial charge in [-0.15, -0.1) is 0 Å². The molecular formula is C2H9N3O. The molecule has 6 heavy (non-hydrogen) atoms. The highest BCUT2D eigenvalue weighted by molar-refractivity contribution is 5.70. The van der Waals surface area contributed by atoms with E-state index in [2.05, 4.69) is 17.4 Å². The smallest absolute Gasteiger partial charge is 0.214 e. The standard InChI is InChI=1S/C2H5NO.H4N2/c1-2(3)4;1-2/h1H3,(H2,3,4);1-2H2. The van der Waals surface area contributed by atoms with Crippen LogP contribution in [-0.4, -0.2) is 5.91 Å². The Hall–Kier alpha value is -0.610. The summed E-state index contributed by atoms with van der Waals surface area (Å²) in [4.78, 5) is 9.22. The van der Waals surface area contributed by atoms with Gasteiger partial charge >= 0.3 is 0 Å². The van der Waals surface area contributed by atoms with Crippen LogP contribution >= 0.6 is 0 Å². The molecule has 0 fully saturated rings. The lowest BCUT2D eigenvalue weighted by molar-refractivity contribution is -0.115. The molecule has 4 heteroatoms. The molecule has 38 valence electrons. The van der Waals surface area contributed by atoms with Gasteiger partial charge in [-0.2, -0.15) is 0 Å². The highest BCUT2D eigenvalue weighted by Gasteiger charge is 1.61. The molecule has 0 atom stereocenters. The second kappa shape index (κ2) is 8.83. The fourth-order valence-corrected chi connectivity index (χ4v) is 0. The average molecular weight is 91.1 g/mol. The topological polar surface area (TPSA) is 95.1 Å². The van der Waals surface area contributed by atoms with E-state index in [-0.39, 0.29) is 5.91 Å². The van der Waals surface area contributed by atoms with Crippen molar-refractivity contribution < 1.29 is 4.79 Å². The summed E-state index contributed by atoms with van der Waals surface area (Å²) in [5.74, 6) is 7.67. The lowest BCUT2D eigenvalue weighted by Crippen LogP contribution is -2.02. The minimum Gasteiger partial charge on any atom is -0.370 e. The first-order valence-electron chi connectivity index (χ1n) is 1.33. The minimum absolute atomic E-state index is 0.333. The summed E-state index contributed by atoms with van der Waals surface area (Å²) in [5, 5.41) is 0. The summed E-state index contributed by atoms with van der Waals surface area (Å²) in [5.41, 5.74) is 4.47. The fourth-order valence-electron chi connectivity index (χ4n) is 0. The number of hydrazine groups is 1. The molecule has 4 nitrogen and oxygen atoms in total. The Balaban J connectivity index is 0. The number of carbonyl (C=O) groups is 1. The van der Waals surface area contributed by atoms with Gasteiger partial charge in [-0.05, 0) is 0 Å². The maximum absolute atomic E-state index is 9.22. The van der Waals surface area contributed by atoms with Crippen molar-refractivity contribution in [2.45, 2.75) is 6.92 Å². The Morgan fingerprint density at radius 2 is 1.50 bits per heavy atom. The van der Waals surface area contributed by atoms with Gasteiger partial charge in [-0.1, -0.05) is 0 Å². The lowest BCUT2D eigenvalue weighted by atomic mass is 10.8. The number of carbonyl (C=O) groups excluding carboxylic acids is 1. The molecule has 0 heterocycles. The normalized spacial score (nSPS) is 5.17. The molecule has 0 aliphatic rings. The quantitative estimate of drug-likeness (QED) is 0.245. The molecule has 1 amide bonds. The second-order valence-electron chi connectivity index (χ2n) is 0.611. The largest absolute Gasteiger partial charge is 0.370 e. The van der Waals surface area contributed by atoms with Crippen molar-refractivity contribution in [3.05, 3.63) is 0 Å². The van der Waals surface area contributed by atoms with Crippen LogP contribution in [0.1, 0.15) is 6.92 Å². The zero-order valence-corrected chi connectivity index (χ0v) is 3.64. The van der Waals surface area contributed by atoms with Crippen LogP contribution in [0.4, 0.5) is 0 Å². The van der Waals surface area contributed by atoms with E-state index >= 15 is 0 Å². The van der Waals surface area contributed by atoms with E-state index in [4.69, 9.17) is 0 Å². The molecule has 0 saturated heterocycles. The molecule has 0 rings (SSSR count). The molecule has 0 radical (unpaired) electrons. The Kier molecular flexibility index (Phi) is 13.3. The fraction of sp³-hybridized carbons (Fsp3) is 0.500. The van der Waals surface area contributed by atoms with Gasteiger partial charge in [0.15, 0.2) is 0 Å². The van der Waals surface area contributed by atoms with Gasteiger partial charge in [0.2, 0.25) is 5.91 Å². The second-order valence-corrected chi connectivity index (χ2v) is 0.611. The van der Waals surface area contributed by atoms with Crippen molar-refractivity contribution in [3.8, 4) is 0 Å². The van der Waals surface area contributed by atoms with E-state index in [1.807, 2.05) is 0 Å². The third-order valence-corrected chi connectivity index (χ3v) is 0. The third-order valence-electron chi connectivity index (χ3n) is 0. The summed E-state index contributed by atoms with van der Waals surface area (Å²) >= 11 is 0. The van der Waals surface area contributed by atoms with Crippen molar-refractivity contribution in [1.82, 2.24) is 0 Å². The van der Waals surface area contributed by atoms with Gasteiger partial charge in [0.05, 0.1) is 0 Å². The van der Waals surface area contributed by atoms with Crippen molar-refractivity contribution >= 4 is 5.91 Å². The van der Waals surface area contributed by atoms with Crippen molar-refractivity contribution in [2.24, 2.45) is 17.4 Å². The summed E-state index contributed by atoms with van der Waals surface area (Å²) in [6.07, 6.45) is 0. The van der Waals surface area contributed by atoms with Crippen molar-refractivity contribution in [3.63, 3.8) is 0 Å². The summed E-state index contributed by atoms with van der Waals surface area (Å²) < 4.78 is 0. The van der Waals surface area contributed by atoms with Gasteiger partial charge in [0, 0.05) is 6.92 Å². The van der Waals surface area contributed by atoms with Gasteiger partial charge in [0.1, 0.15) is 0 Å². The van der Waals surface area contributed by atoms with E-state index in [1.54, 1.807) is 0 Å². The van der Waals surface area contributed by atoms with E-state index in [0.717, 1.165) is 0 Å². The molecule has 6 N–H and O–H groups in total. The third kappa shape index (κ3) is 52.0. The molecule has 0 aliphatic carbocycles. The van der Waals surface area contributed by atoms with E-state index < -0.39 is 0 Å². The van der Waals surface area contributed by atoms with E-state index in [1.165, 1.54) is 6.92 Å². The van der Waals surface area contributed by atoms with Gasteiger partial charge in [-0.3, -0.25) is 16.5 Å². The van der Waals surface area contributed by atoms with Crippen LogP contribution in [0.3, 0.4) is 0 Å². The predicted molar refractivity (Wildman–Crippen MR) is 23.2 cm³/mol. The zero-order chi connectivity index (χ0) is 5.58. The number of nitrogens with two attached hydrogens (primary N) is 3. The summed E-state index contributed by atoms with van der Waals surface area (Å²) in [6.45, 7) is 1.31.